The van der Waals surface area contributed by atoms with E-state index in [1.54, 1.807) is 11.3 Å². The van der Waals surface area contributed by atoms with Crippen molar-refractivity contribution in [3.63, 3.8) is 0 Å². The molecule has 9 heteroatoms. The molecule has 28 heavy (non-hydrogen) atoms. The summed E-state index contributed by atoms with van der Waals surface area (Å²) in [6.45, 7) is 7.09. The van der Waals surface area contributed by atoms with Crippen LogP contribution in [0.15, 0.2) is 46.3 Å². The van der Waals surface area contributed by atoms with E-state index in [1.807, 2.05) is 29.6 Å². The van der Waals surface area contributed by atoms with Gasteiger partial charge in [-0.2, -0.15) is 4.98 Å². The number of nitrogens with zero attached hydrogens (tertiary/aromatic N) is 4. The second-order valence-electron chi connectivity index (χ2n) is 6.67. The standard InChI is InChI=1S/C19H23N5OS.2ClH/c1-14(19-21-18(22-25-19)17-6-3-11-26-17)24-9-7-23(8-10-24)13-15-4-2-5-16(20)12-15;;/h2-6,11-12,14H,7-10,13,20H2,1H3;2*1H. The quantitative estimate of drug-likeness (QED) is 0.600. The minimum Gasteiger partial charge on any atom is -0.399 e. The summed E-state index contributed by atoms with van der Waals surface area (Å²) in [5, 5.41) is 6.15. The van der Waals surface area contributed by atoms with Crippen molar-refractivity contribution in [2.75, 3.05) is 31.9 Å². The number of halogens is 2. The van der Waals surface area contributed by atoms with Gasteiger partial charge in [-0.1, -0.05) is 23.4 Å². The van der Waals surface area contributed by atoms with Crippen molar-refractivity contribution in [1.29, 1.82) is 0 Å². The van der Waals surface area contributed by atoms with Crippen LogP contribution < -0.4 is 5.73 Å². The number of hydrogen-bond acceptors (Lipinski definition) is 7. The molecule has 0 amide bonds. The van der Waals surface area contributed by atoms with Gasteiger partial charge in [-0.05, 0) is 36.1 Å². The van der Waals surface area contributed by atoms with Crippen molar-refractivity contribution in [2.24, 2.45) is 0 Å². The highest BCUT2D eigenvalue weighted by Crippen LogP contribution is 2.26. The number of piperazine rings is 1. The molecule has 0 bridgehead atoms. The molecule has 1 aromatic carbocycles. The summed E-state index contributed by atoms with van der Waals surface area (Å²) in [5.41, 5.74) is 7.97. The zero-order chi connectivity index (χ0) is 17.9. The molecular weight excluding hydrogens is 417 g/mol. The van der Waals surface area contributed by atoms with Crippen molar-refractivity contribution >= 4 is 41.8 Å². The molecule has 0 saturated carbocycles. The fourth-order valence-corrected chi connectivity index (χ4v) is 3.97. The van der Waals surface area contributed by atoms with E-state index >= 15 is 0 Å². The van der Waals surface area contributed by atoms with Crippen LogP contribution in [0.1, 0.15) is 24.4 Å². The van der Waals surface area contributed by atoms with Crippen molar-refractivity contribution in [3.05, 3.63) is 53.2 Å². The van der Waals surface area contributed by atoms with Crippen LogP contribution in [-0.2, 0) is 6.54 Å². The fourth-order valence-electron chi connectivity index (χ4n) is 3.33. The number of nitrogen functional groups attached to an aromatic ring is 1. The van der Waals surface area contributed by atoms with Crippen molar-refractivity contribution in [2.45, 2.75) is 19.5 Å². The summed E-state index contributed by atoms with van der Waals surface area (Å²) in [7, 11) is 0. The Labute approximate surface area is 181 Å². The van der Waals surface area contributed by atoms with E-state index in [9.17, 15) is 0 Å². The largest absolute Gasteiger partial charge is 0.399 e. The van der Waals surface area contributed by atoms with Crippen LogP contribution in [0, 0.1) is 0 Å². The highest BCUT2D eigenvalue weighted by molar-refractivity contribution is 7.13. The second-order valence-corrected chi connectivity index (χ2v) is 7.61. The lowest BCUT2D eigenvalue weighted by Crippen LogP contribution is -2.46. The van der Waals surface area contributed by atoms with Gasteiger partial charge in [0, 0.05) is 38.4 Å². The summed E-state index contributed by atoms with van der Waals surface area (Å²) in [4.78, 5) is 10.5. The molecule has 1 fully saturated rings. The number of thiophene rings is 1. The van der Waals surface area contributed by atoms with Gasteiger partial charge in [0.05, 0.1) is 10.9 Å². The molecule has 2 N–H and O–H groups in total. The molecule has 0 aliphatic carbocycles. The van der Waals surface area contributed by atoms with Crippen LogP contribution in [0.25, 0.3) is 10.7 Å². The van der Waals surface area contributed by atoms with E-state index in [0.717, 1.165) is 43.3 Å². The van der Waals surface area contributed by atoms with E-state index in [-0.39, 0.29) is 30.9 Å². The van der Waals surface area contributed by atoms with Gasteiger partial charge in [-0.15, -0.1) is 36.2 Å². The van der Waals surface area contributed by atoms with Gasteiger partial charge in [0.2, 0.25) is 11.7 Å². The van der Waals surface area contributed by atoms with E-state index in [2.05, 4.69) is 39.0 Å². The monoisotopic (exact) mass is 441 g/mol. The molecule has 1 atom stereocenters. The van der Waals surface area contributed by atoms with E-state index in [4.69, 9.17) is 10.3 Å². The van der Waals surface area contributed by atoms with Gasteiger partial charge in [-0.3, -0.25) is 9.80 Å². The first-order chi connectivity index (χ1) is 12.7. The predicted octanol–water partition coefficient (Wildman–Crippen LogP) is 4.10. The van der Waals surface area contributed by atoms with Crippen LogP contribution in [-0.4, -0.2) is 46.1 Å². The van der Waals surface area contributed by atoms with Gasteiger partial charge >= 0.3 is 0 Å². The molecule has 152 valence electrons. The minimum absolute atomic E-state index is 0. The zero-order valence-corrected chi connectivity index (χ0v) is 18.1. The van der Waals surface area contributed by atoms with Crippen LogP contribution in [0.5, 0.6) is 0 Å². The van der Waals surface area contributed by atoms with Gasteiger partial charge in [0.15, 0.2) is 0 Å². The van der Waals surface area contributed by atoms with Gasteiger partial charge in [0.25, 0.3) is 0 Å². The summed E-state index contributed by atoms with van der Waals surface area (Å²) in [5.74, 6) is 1.37. The highest BCUT2D eigenvalue weighted by Gasteiger charge is 2.26. The maximum Gasteiger partial charge on any atom is 0.244 e. The predicted molar refractivity (Wildman–Crippen MR) is 118 cm³/mol. The molecule has 1 unspecified atom stereocenters. The summed E-state index contributed by atoms with van der Waals surface area (Å²) in [6, 6.07) is 12.3. The normalized spacial score (nSPS) is 16.2. The third-order valence-electron chi connectivity index (χ3n) is 4.85. The van der Waals surface area contributed by atoms with E-state index in [0.29, 0.717) is 11.7 Å². The Kier molecular flexibility index (Phi) is 8.27. The van der Waals surface area contributed by atoms with Crippen LogP contribution in [0.3, 0.4) is 0 Å². The van der Waals surface area contributed by atoms with E-state index in [1.165, 1.54) is 5.56 Å². The molecule has 4 rings (SSSR count). The zero-order valence-electron chi connectivity index (χ0n) is 15.7. The summed E-state index contributed by atoms with van der Waals surface area (Å²) < 4.78 is 5.52. The average molecular weight is 442 g/mol. The Morgan fingerprint density at radius 2 is 1.93 bits per heavy atom. The van der Waals surface area contributed by atoms with Crippen molar-refractivity contribution < 1.29 is 4.52 Å². The number of aromatic nitrogens is 2. The topological polar surface area (TPSA) is 71.4 Å². The summed E-state index contributed by atoms with van der Waals surface area (Å²) in [6.07, 6.45) is 0. The molecule has 0 spiro atoms. The number of hydrogen-bond donors (Lipinski definition) is 1. The van der Waals surface area contributed by atoms with E-state index < -0.39 is 0 Å². The smallest absolute Gasteiger partial charge is 0.244 e. The van der Waals surface area contributed by atoms with Crippen LogP contribution >= 0.6 is 36.2 Å². The SMILES string of the molecule is CC(c1nc(-c2cccs2)no1)N1CCN(Cc2cccc(N)c2)CC1.Cl.Cl. The average Bonchev–Trinajstić information content (AvgIpc) is 3.33. The molecule has 2 aromatic heterocycles. The van der Waals surface area contributed by atoms with Gasteiger partial charge in [0.1, 0.15) is 0 Å². The lowest BCUT2D eigenvalue weighted by molar-refractivity contribution is 0.0845. The highest BCUT2D eigenvalue weighted by atomic mass is 35.5. The van der Waals surface area contributed by atoms with Crippen molar-refractivity contribution in [3.8, 4) is 10.7 Å². The molecule has 6 nitrogen and oxygen atoms in total. The number of benzene rings is 1. The van der Waals surface area contributed by atoms with Gasteiger partial charge < -0.3 is 10.3 Å². The number of rotatable bonds is 5. The van der Waals surface area contributed by atoms with Crippen molar-refractivity contribution in [1.82, 2.24) is 19.9 Å². The fraction of sp³-hybridized carbons (Fsp3) is 0.368. The Morgan fingerprint density at radius 1 is 1.14 bits per heavy atom. The lowest BCUT2D eigenvalue weighted by atomic mass is 10.1. The Bertz CT molecular complexity index is 850. The molecule has 1 aliphatic rings. The second kappa shape index (κ2) is 10.2. The molecule has 0 radical (unpaired) electrons. The molecule has 3 heterocycles. The molecular formula is C19H25Cl2N5OS. The summed E-state index contributed by atoms with van der Waals surface area (Å²) >= 11 is 1.62. The minimum atomic E-state index is 0. The molecule has 1 aliphatic heterocycles. The first-order valence-electron chi connectivity index (χ1n) is 8.87. The number of anilines is 1. The maximum absolute atomic E-state index is 5.88. The Balaban J connectivity index is 0.00000140. The number of nitrogens with two attached hydrogens (primary N) is 1. The van der Waals surface area contributed by atoms with Crippen LogP contribution in [0.4, 0.5) is 5.69 Å². The molecule has 3 aromatic rings. The molecule has 1 saturated heterocycles. The first-order valence-corrected chi connectivity index (χ1v) is 9.75. The third kappa shape index (κ3) is 5.24. The van der Waals surface area contributed by atoms with Gasteiger partial charge in [-0.25, -0.2) is 0 Å². The maximum atomic E-state index is 5.88. The Morgan fingerprint density at radius 3 is 2.61 bits per heavy atom. The first kappa shape index (κ1) is 22.6. The Hall–Kier alpha value is -1.64. The van der Waals surface area contributed by atoms with Crippen LogP contribution in [0.2, 0.25) is 0 Å². The third-order valence-corrected chi connectivity index (χ3v) is 5.72. The lowest BCUT2D eigenvalue weighted by Gasteiger charge is -2.36.